The maximum absolute atomic E-state index is 13.5. The lowest BCUT2D eigenvalue weighted by molar-refractivity contribution is -0.127. The first kappa shape index (κ1) is 23.3. The largest absolute Gasteiger partial charge is 0.494 e. The number of carbonyl (C=O) groups is 1. The Morgan fingerprint density at radius 1 is 1.09 bits per heavy atom. The van der Waals surface area contributed by atoms with Crippen LogP contribution in [0.5, 0.6) is 5.75 Å². The van der Waals surface area contributed by atoms with Gasteiger partial charge in [0, 0.05) is 31.1 Å². The maximum atomic E-state index is 13.5. The highest BCUT2D eigenvalue weighted by molar-refractivity contribution is 6.00. The van der Waals surface area contributed by atoms with Gasteiger partial charge >= 0.3 is 0 Å². The van der Waals surface area contributed by atoms with Crippen LogP contribution in [0.15, 0.2) is 59.6 Å². The van der Waals surface area contributed by atoms with E-state index in [1.807, 2.05) is 54.6 Å². The van der Waals surface area contributed by atoms with Crippen LogP contribution in [0.4, 0.5) is 0 Å². The minimum absolute atomic E-state index is 0.0446. The SMILES string of the molecule is O=C(NC1CCC(O)CC1)[C@@]1(Cc2ccccc2)COC(c2ccc(OCCCO)cc2)=N1. The van der Waals surface area contributed by atoms with E-state index in [9.17, 15) is 9.90 Å². The molecule has 7 nitrogen and oxygen atoms in total. The molecule has 0 bridgehead atoms. The van der Waals surface area contributed by atoms with Crippen molar-refractivity contribution >= 4 is 11.8 Å². The first-order valence-electron chi connectivity index (χ1n) is 11.7. The molecule has 1 saturated carbocycles. The summed E-state index contributed by atoms with van der Waals surface area (Å²) in [5, 5.41) is 21.8. The van der Waals surface area contributed by atoms with Crippen molar-refractivity contribution < 1.29 is 24.5 Å². The molecule has 0 unspecified atom stereocenters. The molecule has 0 aromatic heterocycles. The smallest absolute Gasteiger partial charge is 0.252 e. The number of ether oxygens (including phenoxy) is 2. The Hall–Kier alpha value is -2.90. The highest BCUT2D eigenvalue weighted by Crippen LogP contribution is 2.29. The van der Waals surface area contributed by atoms with Gasteiger partial charge in [0.2, 0.25) is 5.90 Å². The van der Waals surface area contributed by atoms with Gasteiger partial charge in [-0.25, -0.2) is 4.99 Å². The van der Waals surface area contributed by atoms with Crippen LogP contribution < -0.4 is 10.1 Å². The van der Waals surface area contributed by atoms with Crippen LogP contribution in [0.2, 0.25) is 0 Å². The van der Waals surface area contributed by atoms with E-state index in [-0.39, 0.29) is 31.3 Å². The van der Waals surface area contributed by atoms with Crippen molar-refractivity contribution in [3.63, 3.8) is 0 Å². The molecule has 3 N–H and O–H groups in total. The Morgan fingerprint density at radius 3 is 2.52 bits per heavy atom. The molecule has 4 rings (SSSR count). The molecule has 0 radical (unpaired) electrons. The van der Waals surface area contributed by atoms with Crippen molar-refractivity contribution in [1.29, 1.82) is 0 Å². The standard InChI is InChI=1S/C26H32N2O5/c29-15-4-16-32-23-13-7-20(8-14-23)24-28-26(18-33-24,17-19-5-2-1-3-6-19)25(31)27-21-9-11-22(30)12-10-21/h1-3,5-8,13-14,21-22,29-30H,4,9-12,15-18H2,(H,27,31)/t21?,22?,26-/m1/s1. The summed E-state index contributed by atoms with van der Waals surface area (Å²) in [7, 11) is 0. The summed E-state index contributed by atoms with van der Waals surface area (Å²) in [5.74, 6) is 1.02. The summed E-state index contributed by atoms with van der Waals surface area (Å²) in [5.41, 5.74) is 0.768. The summed E-state index contributed by atoms with van der Waals surface area (Å²) >= 11 is 0. The van der Waals surface area contributed by atoms with Gasteiger partial charge in [-0.1, -0.05) is 30.3 Å². The second-order valence-corrected chi connectivity index (χ2v) is 8.83. The average Bonchev–Trinajstić information content (AvgIpc) is 3.27. The predicted molar refractivity (Wildman–Crippen MR) is 125 cm³/mol. The Labute approximate surface area is 194 Å². The highest BCUT2D eigenvalue weighted by Gasteiger charge is 2.45. The predicted octanol–water partition coefficient (Wildman–Crippen LogP) is 2.63. The van der Waals surface area contributed by atoms with E-state index in [4.69, 9.17) is 19.6 Å². The fourth-order valence-corrected chi connectivity index (χ4v) is 4.30. The summed E-state index contributed by atoms with van der Waals surface area (Å²) < 4.78 is 11.6. The van der Waals surface area contributed by atoms with Crippen molar-refractivity contribution in [3.8, 4) is 5.75 Å². The number of nitrogens with zero attached hydrogens (tertiary/aromatic N) is 1. The second kappa shape index (κ2) is 10.8. The molecule has 2 aliphatic rings. The summed E-state index contributed by atoms with van der Waals surface area (Å²) in [6.07, 6.45) is 3.69. The molecule has 176 valence electrons. The summed E-state index contributed by atoms with van der Waals surface area (Å²) in [6.45, 7) is 0.717. The quantitative estimate of drug-likeness (QED) is 0.508. The van der Waals surface area contributed by atoms with E-state index in [2.05, 4.69) is 5.32 Å². The van der Waals surface area contributed by atoms with Crippen molar-refractivity contribution in [2.24, 2.45) is 4.99 Å². The molecule has 1 aliphatic heterocycles. The van der Waals surface area contributed by atoms with Gasteiger partial charge in [-0.2, -0.15) is 0 Å². The zero-order valence-electron chi connectivity index (χ0n) is 18.8. The van der Waals surface area contributed by atoms with Crippen LogP contribution in [0.3, 0.4) is 0 Å². The molecule has 0 spiro atoms. The van der Waals surface area contributed by atoms with Crippen LogP contribution in [0.25, 0.3) is 0 Å². The molecule has 1 aliphatic carbocycles. The lowest BCUT2D eigenvalue weighted by Gasteiger charge is -2.30. The van der Waals surface area contributed by atoms with Gasteiger partial charge in [-0.05, 0) is 55.5 Å². The van der Waals surface area contributed by atoms with E-state index < -0.39 is 5.54 Å². The van der Waals surface area contributed by atoms with E-state index in [1.165, 1.54) is 0 Å². The van der Waals surface area contributed by atoms with E-state index in [0.717, 1.165) is 24.0 Å². The summed E-state index contributed by atoms with van der Waals surface area (Å²) in [6, 6.07) is 17.3. The lowest BCUT2D eigenvalue weighted by atomic mass is 9.89. The highest BCUT2D eigenvalue weighted by atomic mass is 16.5. The maximum Gasteiger partial charge on any atom is 0.252 e. The minimum Gasteiger partial charge on any atom is -0.494 e. The van der Waals surface area contributed by atoms with Gasteiger partial charge in [0.1, 0.15) is 12.4 Å². The average molecular weight is 453 g/mol. The normalized spacial score (nSPS) is 24.6. The Kier molecular flexibility index (Phi) is 7.62. The van der Waals surface area contributed by atoms with Gasteiger partial charge in [-0.15, -0.1) is 0 Å². The van der Waals surface area contributed by atoms with Gasteiger partial charge < -0.3 is 25.0 Å². The first-order valence-corrected chi connectivity index (χ1v) is 11.7. The third-order valence-corrected chi connectivity index (χ3v) is 6.23. The van der Waals surface area contributed by atoms with E-state index >= 15 is 0 Å². The molecule has 1 heterocycles. The molecule has 33 heavy (non-hydrogen) atoms. The first-order chi connectivity index (χ1) is 16.1. The second-order valence-electron chi connectivity index (χ2n) is 8.83. The van der Waals surface area contributed by atoms with Crippen molar-refractivity contribution in [2.75, 3.05) is 19.8 Å². The van der Waals surface area contributed by atoms with Crippen LogP contribution in [0, 0.1) is 0 Å². The van der Waals surface area contributed by atoms with Gasteiger partial charge in [0.25, 0.3) is 5.91 Å². The molecular formula is C26H32N2O5. The number of benzene rings is 2. The zero-order valence-corrected chi connectivity index (χ0v) is 18.8. The Balaban J connectivity index is 1.53. The number of aliphatic hydroxyl groups is 2. The molecule has 2 aromatic carbocycles. The monoisotopic (exact) mass is 452 g/mol. The molecular weight excluding hydrogens is 420 g/mol. The molecule has 1 amide bonds. The third-order valence-electron chi connectivity index (χ3n) is 6.23. The van der Waals surface area contributed by atoms with Gasteiger partial charge in [-0.3, -0.25) is 4.79 Å². The molecule has 1 fully saturated rings. The Morgan fingerprint density at radius 2 is 1.82 bits per heavy atom. The fourth-order valence-electron chi connectivity index (χ4n) is 4.30. The van der Waals surface area contributed by atoms with Crippen LogP contribution in [0.1, 0.15) is 43.2 Å². The third kappa shape index (κ3) is 5.92. The number of aliphatic hydroxyl groups excluding tert-OH is 2. The van der Waals surface area contributed by atoms with Crippen LogP contribution in [-0.4, -0.2) is 59.5 Å². The number of nitrogens with one attached hydrogen (secondary N) is 1. The number of hydrogen-bond donors (Lipinski definition) is 3. The Bertz CT molecular complexity index is 939. The number of rotatable bonds is 9. The molecule has 1 atom stereocenters. The number of aliphatic imine (C=N–C) groups is 1. The summed E-state index contributed by atoms with van der Waals surface area (Å²) in [4.78, 5) is 18.3. The van der Waals surface area contributed by atoms with E-state index in [1.54, 1.807) is 0 Å². The number of amides is 1. The van der Waals surface area contributed by atoms with Gasteiger partial charge in [0.15, 0.2) is 5.54 Å². The molecule has 0 saturated heterocycles. The minimum atomic E-state index is -1.04. The van der Waals surface area contributed by atoms with Crippen LogP contribution in [-0.2, 0) is 16.0 Å². The lowest BCUT2D eigenvalue weighted by Crippen LogP contribution is -2.52. The zero-order chi connectivity index (χ0) is 23.1. The van der Waals surface area contributed by atoms with E-state index in [0.29, 0.717) is 43.9 Å². The van der Waals surface area contributed by atoms with Gasteiger partial charge in [0.05, 0.1) is 12.7 Å². The van der Waals surface area contributed by atoms with Crippen molar-refractivity contribution in [3.05, 3.63) is 65.7 Å². The molecule has 2 aromatic rings. The molecule has 7 heteroatoms. The number of hydrogen-bond acceptors (Lipinski definition) is 6. The number of carbonyl (C=O) groups excluding carboxylic acids is 1. The van der Waals surface area contributed by atoms with Crippen molar-refractivity contribution in [2.45, 2.75) is 56.2 Å². The fraction of sp³-hybridized carbons (Fsp3) is 0.462. The topological polar surface area (TPSA) is 100 Å². The van der Waals surface area contributed by atoms with Crippen molar-refractivity contribution in [1.82, 2.24) is 5.32 Å². The van der Waals surface area contributed by atoms with Crippen LogP contribution >= 0.6 is 0 Å².